The lowest BCUT2D eigenvalue weighted by atomic mass is 9.98. The van der Waals surface area contributed by atoms with Gasteiger partial charge in [-0.15, -0.1) is 0 Å². The summed E-state index contributed by atoms with van der Waals surface area (Å²) in [5.41, 5.74) is 0.998. The molecule has 12 nitrogen and oxygen atoms in total. The number of aliphatic hydroxyl groups is 6. The van der Waals surface area contributed by atoms with Crippen molar-refractivity contribution in [3.63, 3.8) is 0 Å². The topological polar surface area (TPSA) is 196 Å². The molecule has 38 heavy (non-hydrogen) atoms. The van der Waals surface area contributed by atoms with Crippen molar-refractivity contribution < 1.29 is 59.5 Å². The van der Waals surface area contributed by atoms with E-state index in [9.17, 15) is 40.5 Å². The number of allylic oxidation sites excluding steroid dienone is 1. The third-order valence-corrected chi connectivity index (χ3v) is 6.28. The molecule has 2 aliphatic heterocycles. The smallest absolute Gasteiger partial charge is 0.229 e. The third-order valence-electron chi connectivity index (χ3n) is 6.28. The van der Waals surface area contributed by atoms with Crippen molar-refractivity contribution in [1.29, 1.82) is 0 Å². The lowest BCUT2D eigenvalue weighted by Gasteiger charge is -2.44. The highest BCUT2D eigenvalue weighted by Gasteiger charge is 2.49. The first-order valence-electron chi connectivity index (χ1n) is 11.9. The molecular weight excluding hydrogens is 504 g/mol. The van der Waals surface area contributed by atoms with Crippen LogP contribution in [0, 0.1) is 0 Å². The maximum absolute atomic E-state index is 12.2. The van der Waals surface area contributed by atoms with Crippen LogP contribution in [0.2, 0.25) is 0 Å². The molecule has 0 radical (unpaired) electrons. The van der Waals surface area contributed by atoms with Gasteiger partial charge in [0.25, 0.3) is 0 Å². The van der Waals surface area contributed by atoms with Gasteiger partial charge in [-0.05, 0) is 23.8 Å². The van der Waals surface area contributed by atoms with E-state index in [1.54, 1.807) is 36.4 Å². The normalized spacial score (nSPS) is 33.8. The fourth-order valence-corrected chi connectivity index (χ4v) is 4.11. The number of carbonyl (C=O) groups is 1. The minimum atomic E-state index is -1.72. The van der Waals surface area contributed by atoms with Gasteiger partial charge in [0.1, 0.15) is 42.7 Å². The van der Waals surface area contributed by atoms with Gasteiger partial charge in [-0.1, -0.05) is 42.5 Å². The maximum atomic E-state index is 12.2. The number of rotatable bonds is 8. The Morgan fingerprint density at radius 1 is 0.947 bits per heavy atom. The second-order valence-electron chi connectivity index (χ2n) is 8.97. The van der Waals surface area contributed by atoms with Crippen LogP contribution in [-0.4, -0.2) is 110 Å². The zero-order valence-corrected chi connectivity index (χ0v) is 20.1. The number of carbonyl (C=O) groups excluding carboxylic acids is 1. The maximum Gasteiger partial charge on any atom is 0.229 e. The molecule has 0 aliphatic carbocycles. The van der Waals surface area contributed by atoms with Crippen molar-refractivity contribution in [2.75, 3.05) is 13.2 Å². The molecule has 0 bridgehead atoms. The van der Waals surface area contributed by atoms with E-state index in [-0.39, 0.29) is 23.9 Å². The summed E-state index contributed by atoms with van der Waals surface area (Å²) in [6, 6.07) is 12.9. The van der Waals surface area contributed by atoms with Crippen LogP contribution in [0.25, 0.3) is 6.08 Å². The summed E-state index contributed by atoms with van der Waals surface area (Å²) in [5.74, 6) is -0.663. The molecule has 2 aliphatic rings. The summed E-state index contributed by atoms with van der Waals surface area (Å²) in [5, 5.41) is 70.9. The predicted octanol–water partition coefficient (Wildman–Crippen LogP) is -1.07. The number of hydrogen-bond donors (Lipinski definition) is 7. The monoisotopic (exact) mass is 534 g/mol. The lowest BCUT2D eigenvalue weighted by Crippen LogP contribution is -2.63. The van der Waals surface area contributed by atoms with Gasteiger partial charge in [0, 0.05) is 5.56 Å². The zero-order chi connectivity index (χ0) is 27.4. The Bertz CT molecular complexity index is 1110. The van der Waals surface area contributed by atoms with Crippen LogP contribution in [0.15, 0.2) is 54.6 Å². The van der Waals surface area contributed by atoms with Gasteiger partial charge in [-0.25, -0.2) is 0 Å². The van der Waals surface area contributed by atoms with Crippen molar-refractivity contribution in [3.05, 3.63) is 65.7 Å². The Morgan fingerprint density at radius 3 is 2.34 bits per heavy atom. The fraction of sp³-hybridized carbons (Fsp3) is 0.423. The first-order valence-corrected chi connectivity index (χ1v) is 11.9. The van der Waals surface area contributed by atoms with E-state index in [0.717, 1.165) is 0 Å². The second-order valence-corrected chi connectivity index (χ2v) is 8.97. The van der Waals surface area contributed by atoms with Crippen molar-refractivity contribution >= 4 is 11.9 Å². The third kappa shape index (κ3) is 6.21. The van der Waals surface area contributed by atoms with Crippen LogP contribution in [0.1, 0.15) is 15.9 Å². The Balaban J connectivity index is 1.40. The molecule has 2 heterocycles. The summed E-state index contributed by atoms with van der Waals surface area (Å²) in [6.45, 7) is -1.04. The number of ether oxygens (including phenoxy) is 4. The number of phenolic OH excluding ortho intramolecular Hbond substituents is 1. The first kappa shape index (κ1) is 28.1. The van der Waals surface area contributed by atoms with E-state index in [2.05, 4.69) is 0 Å². The van der Waals surface area contributed by atoms with E-state index < -0.39 is 61.9 Å². The van der Waals surface area contributed by atoms with E-state index in [4.69, 9.17) is 18.9 Å². The first-order chi connectivity index (χ1) is 18.2. The number of hydrogen-bond acceptors (Lipinski definition) is 12. The average molecular weight is 535 g/mol. The molecule has 0 aromatic heterocycles. The Morgan fingerprint density at radius 2 is 1.66 bits per heavy atom. The molecule has 2 fully saturated rings. The quantitative estimate of drug-likeness (QED) is 0.160. The molecule has 0 spiro atoms. The summed E-state index contributed by atoms with van der Waals surface area (Å²) >= 11 is 0. The summed E-state index contributed by atoms with van der Waals surface area (Å²) in [6.07, 6.45) is -10.8. The number of benzene rings is 2. The van der Waals surface area contributed by atoms with Crippen LogP contribution < -0.4 is 4.74 Å². The van der Waals surface area contributed by atoms with Crippen molar-refractivity contribution in [2.45, 2.75) is 55.3 Å². The number of ketones is 1. The zero-order valence-electron chi connectivity index (χ0n) is 20.1. The SMILES string of the molecule is O=C(/C=C/c1ccc(O[C@@H]2O[C@H](CO)[C@H](O[C@@H]3OC[C@H](O)[C@H](O)[C@@H]3O)[C@H](O)[C@H]2O)c(O)c1)c1ccccc1. The highest BCUT2D eigenvalue weighted by Crippen LogP contribution is 2.33. The Kier molecular flexibility index (Phi) is 9.10. The van der Waals surface area contributed by atoms with Gasteiger partial charge in [0.2, 0.25) is 6.29 Å². The summed E-state index contributed by atoms with van der Waals surface area (Å²) in [4.78, 5) is 12.2. The molecule has 4 rings (SSSR count). The molecule has 0 saturated carbocycles. The van der Waals surface area contributed by atoms with Crippen LogP contribution >= 0.6 is 0 Å². The molecule has 2 aromatic rings. The van der Waals surface area contributed by atoms with Gasteiger partial charge in [0.15, 0.2) is 23.6 Å². The molecule has 2 aromatic carbocycles. The van der Waals surface area contributed by atoms with Crippen LogP contribution in [0.5, 0.6) is 11.5 Å². The molecule has 0 unspecified atom stereocenters. The van der Waals surface area contributed by atoms with Crippen molar-refractivity contribution in [2.24, 2.45) is 0 Å². The van der Waals surface area contributed by atoms with Crippen LogP contribution in [0.4, 0.5) is 0 Å². The largest absolute Gasteiger partial charge is 0.504 e. The highest BCUT2D eigenvalue weighted by atomic mass is 16.7. The van der Waals surface area contributed by atoms with E-state index in [0.29, 0.717) is 11.1 Å². The highest BCUT2D eigenvalue weighted by molar-refractivity contribution is 6.06. The van der Waals surface area contributed by atoms with Gasteiger partial charge in [0.05, 0.1) is 13.2 Å². The molecule has 2 saturated heterocycles. The molecule has 9 atom stereocenters. The number of aliphatic hydroxyl groups excluding tert-OH is 6. The van der Waals surface area contributed by atoms with Gasteiger partial charge in [-0.3, -0.25) is 4.79 Å². The van der Waals surface area contributed by atoms with E-state index in [1.807, 2.05) is 0 Å². The van der Waals surface area contributed by atoms with Crippen molar-refractivity contribution in [1.82, 2.24) is 0 Å². The molecule has 12 heteroatoms. The van der Waals surface area contributed by atoms with E-state index in [1.165, 1.54) is 24.3 Å². The Labute approximate surface area is 217 Å². The van der Waals surface area contributed by atoms with Crippen LogP contribution in [-0.2, 0) is 14.2 Å². The minimum Gasteiger partial charge on any atom is -0.504 e. The second kappa shape index (κ2) is 12.3. The summed E-state index contributed by atoms with van der Waals surface area (Å²) < 4.78 is 21.7. The van der Waals surface area contributed by atoms with Gasteiger partial charge < -0.3 is 54.7 Å². The average Bonchev–Trinajstić information content (AvgIpc) is 2.93. The van der Waals surface area contributed by atoms with Crippen molar-refractivity contribution in [3.8, 4) is 11.5 Å². The minimum absolute atomic E-state index is 0.105. The predicted molar refractivity (Wildman–Crippen MR) is 129 cm³/mol. The molecular formula is C26H30O12. The van der Waals surface area contributed by atoms with Gasteiger partial charge in [-0.2, -0.15) is 0 Å². The van der Waals surface area contributed by atoms with Gasteiger partial charge >= 0.3 is 0 Å². The Hall–Kier alpha value is -2.91. The lowest BCUT2D eigenvalue weighted by molar-refractivity contribution is -0.339. The fourth-order valence-electron chi connectivity index (χ4n) is 4.11. The molecule has 0 amide bonds. The van der Waals surface area contributed by atoms with E-state index >= 15 is 0 Å². The molecule has 7 N–H and O–H groups in total. The number of aromatic hydroxyl groups is 1. The standard InChI is InChI=1S/C26H30O12/c27-11-19-24(38-25-22(33)20(31)17(30)12-35-25)21(32)23(34)26(37-19)36-18-9-7-13(10-16(18)29)6-8-15(28)14-4-2-1-3-5-14/h1-10,17,19-27,29-34H,11-12H2/b8-6+/t17-,19+,20-,21+,22-,23+,24-,25-,26+/m0/s1. The molecule has 206 valence electrons. The summed E-state index contributed by atoms with van der Waals surface area (Å²) in [7, 11) is 0. The number of phenols is 1. The van der Waals surface area contributed by atoms with Crippen LogP contribution in [0.3, 0.4) is 0 Å².